The summed E-state index contributed by atoms with van der Waals surface area (Å²) in [6.07, 6.45) is -0.00263. The molecule has 1 amide bonds. The van der Waals surface area contributed by atoms with Gasteiger partial charge in [0.15, 0.2) is 0 Å². The average Bonchev–Trinajstić information content (AvgIpc) is 3.16. The summed E-state index contributed by atoms with van der Waals surface area (Å²) in [5.74, 6) is 0.431. The fraction of sp³-hybridized carbons (Fsp3) is 0.231. The number of aromatic nitrogens is 2. The molecule has 0 spiro atoms. The highest BCUT2D eigenvalue weighted by molar-refractivity contribution is 7.89. The molecular weight excluding hydrogens is 448 g/mol. The predicted octanol–water partition coefficient (Wildman–Crippen LogP) is 3.76. The maximum atomic E-state index is 12.9. The standard InChI is InChI=1S/C26H28N4O3S/c1-18-13-14-21(17-19(18)2)34(32,33)27-16-15-24(31)29-25(20-9-5-4-6-10-20)26-28-22-11-7-8-12-23(22)30(26)3/h4-14,17,25,27H,15-16H2,1-3H3,(H,29,31). The Morgan fingerprint density at radius 2 is 1.68 bits per heavy atom. The van der Waals surface area contributed by atoms with Gasteiger partial charge in [0.1, 0.15) is 11.9 Å². The van der Waals surface area contributed by atoms with Crippen LogP contribution in [0.5, 0.6) is 0 Å². The summed E-state index contributed by atoms with van der Waals surface area (Å²) in [5, 5.41) is 3.04. The summed E-state index contributed by atoms with van der Waals surface area (Å²) < 4.78 is 29.8. The first-order valence-corrected chi connectivity index (χ1v) is 12.6. The first kappa shape index (κ1) is 23.7. The SMILES string of the molecule is Cc1ccc(S(=O)(=O)NCCC(=O)NC(c2ccccc2)c2nc3ccccc3n2C)cc1C. The molecule has 3 aromatic carbocycles. The van der Waals surface area contributed by atoms with E-state index in [2.05, 4.69) is 10.0 Å². The Bertz CT molecular complexity index is 1430. The molecule has 8 heteroatoms. The number of fused-ring (bicyclic) bond motifs is 1. The van der Waals surface area contributed by atoms with Crippen LogP contribution in [0.25, 0.3) is 11.0 Å². The molecule has 1 atom stereocenters. The lowest BCUT2D eigenvalue weighted by atomic mass is 10.1. The van der Waals surface area contributed by atoms with Gasteiger partial charge in [-0.3, -0.25) is 4.79 Å². The lowest BCUT2D eigenvalue weighted by Crippen LogP contribution is -2.34. The lowest BCUT2D eigenvalue weighted by Gasteiger charge is -2.19. The third kappa shape index (κ3) is 5.03. The number of rotatable bonds is 8. The number of sulfonamides is 1. The first-order valence-electron chi connectivity index (χ1n) is 11.1. The molecule has 1 heterocycles. The van der Waals surface area contributed by atoms with Crippen molar-refractivity contribution in [3.8, 4) is 0 Å². The molecule has 1 aromatic heterocycles. The second kappa shape index (κ2) is 9.79. The monoisotopic (exact) mass is 476 g/mol. The van der Waals surface area contributed by atoms with Crippen LogP contribution in [0, 0.1) is 13.8 Å². The van der Waals surface area contributed by atoms with Crippen LogP contribution in [0.2, 0.25) is 0 Å². The van der Waals surface area contributed by atoms with E-state index in [-0.39, 0.29) is 23.8 Å². The third-order valence-electron chi connectivity index (χ3n) is 5.95. The van der Waals surface area contributed by atoms with Crippen molar-refractivity contribution in [1.82, 2.24) is 19.6 Å². The van der Waals surface area contributed by atoms with Gasteiger partial charge in [-0.25, -0.2) is 18.1 Å². The van der Waals surface area contributed by atoms with Crippen molar-refractivity contribution >= 4 is 27.0 Å². The summed E-state index contributed by atoms with van der Waals surface area (Å²) in [7, 11) is -1.78. The normalized spacial score (nSPS) is 12.6. The molecule has 4 rings (SSSR count). The van der Waals surface area contributed by atoms with Gasteiger partial charge in [-0.05, 0) is 54.8 Å². The average molecular weight is 477 g/mol. The van der Waals surface area contributed by atoms with E-state index in [4.69, 9.17) is 4.98 Å². The molecule has 0 radical (unpaired) electrons. The maximum absolute atomic E-state index is 12.9. The zero-order chi connectivity index (χ0) is 24.3. The molecule has 34 heavy (non-hydrogen) atoms. The van der Waals surface area contributed by atoms with E-state index >= 15 is 0 Å². The molecule has 0 aliphatic heterocycles. The van der Waals surface area contributed by atoms with Crippen molar-refractivity contribution in [2.45, 2.75) is 31.2 Å². The van der Waals surface area contributed by atoms with Gasteiger partial charge in [-0.15, -0.1) is 0 Å². The lowest BCUT2D eigenvalue weighted by molar-refractivity contribution is -0.121. The van der Waals surface area contributed by atoms with E-state index in [0.717, 1.165) is 27.7 Å². The van der Waals surface area contributed by atoms with Crippen molar-refractivity contribution < 1.29 is 13.2 Å². The molecule has 0 fully saturated rings. The fourth-order valence-electron chi connectivity index (χ4n) is 3.86. The molecule has 4 aromatic rings. The highest BCUT2D eigenvalue weighted by atomic mass is 32.2. The number of para-hydroxylation sites is 2. The molecule has 0 aliphatic rings. The van der Waals surface area contributed by atoms with E-state index < -0.39 is 16.1 Å². The van der Waals surface area contributed by atoms with Crippen molar-refractivity contribution in [2.24, 2.45) is 7.05 Å². The topological polar surface area (TPSA) is 93.1 Å². The van der Waals surface area contributed by atoms with Gasteiger partial charge >= 0.3 is 0 Å². The van der Waals surface area contributed by atoms with Crippen molar-refractivity contribution in [3.05, 3.63) is 95.3 Å². The van der Waals surface area contributed by atoms with E-state index in [1.54, 1.807) is 18.2 Å². The van der Waals surface area contributed by atoms with Gasteiger partial charge in [-0.1, -0.05) is 48.5 Å². The number of aryl methyl sites for hydroxylation is 3. The zero-order valence-corrected chi connectivity index (χ0v) is 20.3. The second-order valence-electron chi connectivity index (χ2n) is 8.32. The van der Waals surface area contributed by atoms with Gasteiger partial charge in [0, 0.05) is 20.0 Å². The van der Waals surface area contributed by atoms with Crippen LogP contribution in [0.1, 0.15) is 35.0 Å². The number of carbonyl (C=O) groups excluding carboxylic acids is 1. The Labute approximate surface area is 199 Å². The molecule has 0 saturated heterocycles. The number of hydrogen-bond donors (Lipinski definition) is 2. The van der Waals surface area contributed by atoms with Crippen LogP contribution < -0.4 is 10.0 Å². The summed E-state index contributed by atoms with van der Waals surface area (Å²) in [4.78, 5) is 17.8. The first-order chi connectivity index (χ1) is 16.3. The number of carbonyl (C=O) groups is 1. The van der Waals surface area contributed by atoms with Crippen LogP contribution in [0.3, 0.4) is 0 Å². The van der Waals surface area contributed by atoms with Gasteiger partial charge in [0.2, 0.25) is 15.9 Å². The van der Waals surface area contributed by atoms with Crippen molar-refractivity contribution in [3.63, 3.8) is 0 Å². The fourth-order valence-corrected chi connectivity index (χ4v) is 4.98. The number of amides is 1. The van der Waals surface area contributed by atoms with Crippen LogP contribution in [-0.2, 0) is 21.9 Å². The zero-order valence-electron chi connectivity index (χ0n) is 19.4. The number of imidazole rings is 1. The van der Waals surface area contributed by atoms with Gasteiger partial charge < -0.3 is 9.88 Å². The van der Waals surface area contributed by atoms with Crippen LogP contribution >= 0.6 is 0 Å². The molecule has 2 N–H and O–H groups in total. The number of benzene rings is 3. The van der Waals surface area contributed by atoms with Gasteiger partial charge in [0.25, 0.3) is 0 Å². The molecule has 7 nitrogen and oxygen atoms in total. The number of nitrogens with zero attached hydrogens (tertiary/aromatic N) is 2. The Kier molecular flexibility index (Phi) is 6.81. The van der Waals surface area contributed by atoms with Crippen LogP contribution in [0.15, 0.2) is 77.7 Å². The summed E-state index contributed by atoms with van der Waals surface area (Å²) in [5.41, 5.74) is 4.62. The largest absolute Gasteiger partial charge is 0.342 e. The van der Waals surface area contributed by atoms with Crippen molar-refractivity contribution in [2.75, 3.05) is 6.54 Å². The van der Waals surface area contributed by atoms with E-state index in [1.165, 1.54) is 0 Å². The Balaban J connectivity index is 1.49. The predicted molar refractivity (Wildman–Crippen MR) is 133 cm³/mol. The van der Waals surface area contributed by atoms with Gasteiger partial charge in [-0.2, -0.15) is 0 Å². The Morgan fingerprint density at radius 1 is 0.971 bits per heavy atom. The number of hydrogen-bond acceptors (Lipinski definition) is 4. The van der Waals surface area contributed by atoms with Crippen LogP contribution in [0.4, 0.5) is 0 Å². The second-order valence-corrected chi connectivity index (χ2v) is 10.1. The van der Waals surface area contributed by atoms with Crippen LogP contribution in [-0.4, -0.2) is 30.4 Å². The minimum atomic E-state index is -3.70. The Hall–Kier alpha value is -3.49. The molecule has 0 saturated carbocycles. The third-order valence-corrected chi connectivity index (χ3v) is 7.41. The molecule has 1 unspecified atom stereocenters. The highest BCUT2D eigenvalue weighted by Crippen LogP contribution is 2.25. The Morgan fingerprint density at radius 3 is 2.38 bits per heavy atom. The minimum absolute atomic E-state index is 0.00263. The maximum Gasteiger partial charge on any atom is 0.240 e. The summed E-state index contributed by atoms with van der Waals surface area (Å²) >= 11 is 0. The van der Waals surface area contributed by atoms with Crippen molar-refractivity contribution in [1.29, 1.82) is 0 Å². The minimum Gasteiger partial charge on any atom is -0.342 e. The molecular formula is C26H28N4O3S. The highest BCUT2D eigenvalue weighted by Gasteiger charge is 2.23. The van der Waals surface area contributed by atoms with E-state index in [1.807, 2.05) is 80.1 Å². The summed E-state index contributed by atoms with van der Waals surface area (Å²) in [6, 6.07) is 21.9. The summed E-state index contributed by atoms with van der Waals surface area (Å²) in [6.45, 7) is 3.79. The smallest absolute Gasteiger partial charge is 0.240 e. The molecule has 0 bridgehead atoms. The van der Waals surface area contributed by atoms with E-state index in [0.29, 0.717) is 5.82 Å². The van der Waals surface area contributed by atoms with Gasteiger partial charge in [0.05, 0.1) is 15.9 Å². The quantitative estimate of drug-likeness (QED) is 0.405. The number of nitrogens with one attached hydrogen (secondary N) is 2. The molecule has 176 valence electrons. The van der Waals surface area contributed by atoms with E-state index in [9.17, 15) is 13.2 Å². The molecule has 0 aliphatic carbocycles.